The van der Waals surface area contributed by atoms with Crippen molar-refractivity contribution < 1.29 is 14.0 Å². The standard InChI is InChI=1S/C21H20ClFN4O2/c22-15-4-2-6-17(12-15)24-18(28)13-27-9-7-21(8-10-27)25-19(20(29)26-21)14-3-1-5-16(23)11-14/h1-6,11-12H,7-10,13H2,(H,24,28)(H,26,29). The number of hydrogen-bond acceptors (Lipinski definition) is 4. The maximum atomic E-state index is 13.5. The summed E-state index contributed by atoms with van der Waals surface area (Å²) in [6.07, 6.45) is 1.17. The number of rotatable bonds is 4. The van der Waals surface area contributed by atoms with Crippen LogP contribution < -0.4 is 10.6 Å². The summed E-state index contributed by atoms with van der Waals surface area (Å²) >= 11 is 5.94. The van der Waals surface area contributed by atoms with Crippen molar-refractivity contribution in [2.45, 2.75) is 18.5 Å². The zero-order valence-electron chi connectivity index (χ0n) is 15.6. The molecule has 0 unspecified atom stereocenters. The number of nitrogens with one attached hydrogen (secondary N) is 2. The van der Waals surface area contributed by atoms with Gasteiger partial charge in [-0.2, -0.15) is 0 Å². The molecular weight excluding hydrogens is 395 g/mol. The Labute approximate surface area is 172 Å². The number of carbonyl (C=O) groups is 2. The first-order valence-corrected chi connectivity index (χ1v) is 9.76. The van der Waals surface area contributed by atoms with Gasteiger partial charge in [0.15, 0.2) is 0 Å². The number of halogens is 2. The topological polar surface area (TPSA) is 73.8 Å². The second-order valence-corrected chi connectivity index (χ2v) is 7.73. The largest absolute Gasteiger partial charge is 0.326 e. The third-order valence-electron chi connectivity index (χ3n) is 5.14. The molecule has 0 aromatic heterocycles. The number of aliphatic imine (C=N–C) groups is 1. The van der Waals surface area contributed by atoms with Crippen LogP contribution >= 0.6 is 11.6 Å². The zero-order valence-corrected chi connectivity index (χ0v) is 16.4. The summed E-state index contributed by atoms with van der Waals surface area (Å²) < 4.78 is 13.5. The van der Waals surface area contributed by atoms with E-state index in [1.54, 1.807) is 36.4 Å². The quantitative estimate of drug-likeness (QED) is 0.808. The molecular formula is C21H20ClFN4O2. The number of nitrogens with zero attached hydrogens (tertiary/aromatic N) is 2. The van der Waals surface area contributed by atoms with E-state index in [0.717, 1.165) is 0 Å². The van der Waals surface area contributed by atoms with Gasteiger partial charge >= 0.3 is 0 Å². The molecule has 0 atom stereocenters. The maximum absolute atomic E-state index is 13.5. The van der Waals surface area contributed by atoms with Crippen LogP contribution in [0.4, 0.5) is 10.1 Å². The number of anilines is 1. The fourth-order valence-electron chi connectivity index (χ4n) is 3.68. The van der Waals surface area contributed by atoms with Gasteiger partial charge in [-0.25, -0.2) is 4.39 Å². The fraction of sp³-hybridized carbons (Fsp3) is 0.286. The first kappa shape index (κ1) is 19.5. The maximum Gasteiger partial charge on any atom is 0.272 e. The molecule has 2 aliphatic rings. The highest BCUT2D eigenvalue weighted by atomic mass is 35.5. The number of hydrogen-bond donors (Lipinski definition) is 2. The van der Waals surface area contributed by atoms with E-state index in [1.165, 1.54) is 12.1 Å². The summed E-state index contributed by atoms with van der Waals surface area (Å²) in [7, 11) is 0. The lowest BCUT2D eigenvalue weighted by Gasteiger charge is -2.36. The number of piperidine rings is 1. The third kappa shape index (κ3) is 4.46. The Balaban J connectivity index is 1.36. The average molecular weight is 415 g/mol. The predicted octanol–water partition coefficient (Wildman–Crippen LogP) is 2.83. The molecule has 2 heterocycles. The number of likely N-dealkylation sites (tertiary alicyclic amines) is 1. The molecule has 1 fully saturated rings. The molecule has 2 amide bonds. The van der Waals surface area contributed by atoms with Crippen LogP contribution in [0.2, 0.25) is 5.02 Å². The first-order valence-electron chi connectivity index (χ1n) is 9.39. The van der Waals surface area contributed by atoms with Crippen LogP contribution in [-0.4, -0.2) is 47.7 Å². The van der Waals surface area contributed by atoms with Crippen molar-refractivity contribution in [3.63, 3.8) is 0 Å². The number of carbonyl (C=O) groups excluding carboxylic acids is 2. The molecule has 2 aromatic rings. The lowest BCUT2D eigenvalue weighted by atomic mass is 9.98. The summed E-state index contributed by atoms with van der Waals surface area (Å²) in [5, 5.41) is 6.35. The Morgan fingerprint density at radius 1 is 1.21 bits per heavy atom. The smallest absolute Gasteiger partial charge is 0.272 e. The van der Waals surface area contributed by atoms with E-state index >= 15 is 0 Å². The van der Waals surface area contributed by atoms with Gasteiger partial charge < -0.3 is 10.6 Å². The van der Waals surface area contributed by atoms with Gasteiger partial charge in [-0.1, -0.05) is 29.8 Å². The van der Waals surface area contributed by atoms with Crippen molar-refractivity contribution in [3.05, 3.63) is 64.9 Å². The van der Waals surface area contributed by atoms with Gasteiger partial charge in [0.25, 0.3) is 5.91 Å². The molecule has 2 aromatic carbocycles. The lowest BCUT2D eigenvalue weighted by molar-refractivity contribution is -0.119. The van der Waals surface area contributed by atoms with E-state index in [9.17, 15) is 14.0 Å². The van der Waals surface area contributed by atoms with Crippen molar-refractivity contribution in [1.29, 1.82) is 0 Å². The predicted molar refractivity (Wildman–Crippen MR) is 110 cm³/mol. The summed E-state index contributed by atoms with van der Waals surface area (Å²) in [5.74, 6) is -0.815. The van der Waals surface area contributed by atoms with Gasteiger partial charge in [-0.15, -0.1) is 0 Å². The monoisotopic (exact) mass is 414 g/mol. The molecule has 2 N–H and O–H groups in total. The highest BCUT2D eigenvalue weighted by Gasteiger charge is 2.42. The second-order valence-electron chi connectivity index (χ2n) is 7.29. The minimum absolute atomic E-state index is 0.123. The molecule has 1 spiro atoms. The average Bonchev–Trinajstić information content (AvgIpc) is 3.00. The number of amides is 2. The first-order chi connectivity index (χ1) is 13.9. The van der Waals surface area contributed by atoms with Gasteiger partial charge in [-0.3, -0.25) is 19.5 Å². The fourth-order valence-corrected chi connectivity index (χ4v) is 3.87. The highest BCUT2D eigenvalue weighted by Crippen LogP contribution is 2.29. The van der Waals surface area contributed by atoms with Gasteiger partial charge in [0.2, 0.25) is 5.91 Å². The minimum Gasteiger partial charge on any atom is -0.326 e. The molecule has 6 nitrogen and oxygen atoms in total. The SMILES string of the molecule is O=C(CN1CCC2(CC1)N=C(c1cccc(F)c1)C(=O)N2)Nc1cccc(Cl)c1. The van der Waals surface area contributed by atoms with Crippen molar-refractivity contribution >= 4 is 34.8 Å². The number of benzene rings is 2. The summed E-state index contributed by atoms with van der Waals surface area (Å²) in [4.78, 5) is 31.3. The second kappa shape index (κ2) is 7.93. The van der Waals surface area contributed by atoms with Crippen molar-refractivity contribution in [2.24, 2.45) is 4.99 Å². The molecule has 0 bridgehead atoms. The molecule has 0 aliphatic carbocycles. The molecule has 0 radical (unpaired) electrons. The zero-order chi connectivity index (χ0) is 20.4. The van der Waals surface area contributed by atoms with E-state index in [2.05, 4.69) is 15.6 Å². The Morgan fingerprint density at radius 2 is 1.97 bits per heavy atom. The summed E-state index contributed by atoms with van der Waals surface area (Å²) in [6.45, 7) is 1.48. The Kier molecular flexibility index (Phi) is 5.34. The van der Waals surface area contributed by atoms with Crippen molar-refractivity contribution in [1.82, 2.24) is 10.2 Å². The molecule has 4 rings (SSSR count). The Bertz CT molecular complexity index is 986. The molecule has 29 heavy (non-hydrogen) atoms. The minimum atomic E-state index is -0.682. The van der Waals surface area contributed by atoms with Crippen LogP contribution in [-0.2, 0) is 9.59 Å². The lowest BCUT2D eigenvalue weighted by Crippen LogP contribution is -2.52. The van der Waals surface area contributed by atoms with Crippen LogP contribution in [0.15, 0.2) is 53.5 Å². The van der Waals surface area contributed by atoms with Gasteiger partial charge in [-0.05, 0) is 30.3 Å². The third-order valence-corrected chi connectivity index (χ3v) is 5.38. The van der Waals surface area contributed by atoms with E-state index in [1.807, 2.05) is 4.90 Å². The van der Waals surface area contributed by atoms with Crippen molar-refractivity contribution in [3.8, 4) is 0 Å². The summed E-state index contributed by atoms with van der Waals surface area (Å²) in [5.41, 5.74) is 0.710. The molecule has 150 valence electrons. The van der Waals surface area contributed by atoms with E-state index in [0.29, 0.717) is 42.2 Å². The molecule has 2 aliphatic heterocycles. The van der Waals surface area contributed by atoms with Gasteiger partial charge in [0.1, 0.15) is 17.2 Å². The Morgan fingerprint density at radius 3 is 2.69 bits per heavy atom. The normalized spacial score (nSPS) is 18.4. The van der Waals surface area contributed by atoms with Gasteiger partial charge in [0.05, 0.1) is 6.54 Å². The van der Waals surface area contributed by atoms with Crippen LogP contribution in [0.1, 0.15) is 18.4 Å². The highest BCUT2D eigenvalue weighted by molar-refractivity contribution is 6.46. The molecule has 8 heteroatoms. The molecule has 0 saturated carbocycles. The summed E-state index contributed by atoms with van der Waals surface area (Å²) in [6, 6.07) is 12.9. The van der Waals surface area contributed by atoms with Gasteiger partial charge in [0, 0.05) is 42.2 Å². The van der Waals surface area contributed by atoms with Crippen LogP contribution in [0.3, 0.4) is 0 Å². The molecule has 1 saturated heterocycles. The van der Waals surface area contributed by atoms with Crippen molar-refractivity contribution in [2.75, 3.05) is 25.0 Å². The van der Waals surface area contributed by atoms with E-state index < -0.39 is 11.5 Å². The Hall–Kier alpha value is -2.77. The van der Waals surface area contributed by atoms with E-state index in [4.69, 9.17) is 11.6 Å². The van der Waals surface area contributed by atoms with Crippen LogP contribution in [0, 0.1) is 5.82 Å². The van der Waals surface area contributed by atoms with Crippen LogP contribution in [0.25, 0.3) is 0 Å². The van der Waals surface area contributed by atoms with E-state index in [-0.39, 0.29) is 24.1 Å². The van der Waals surface area contributed by atoms with Crippen LogP contribution in [0.5, 0.6) is 0 Å².